The van der Waals surface area contributed by atoms with Crippen molar-refractivity contribution in [3.8, 4) is 11.5 Å². The van der Waals surface area contributed by atoms with Crippen molar-refractivity contribution in [1.29, 1.82) is 0 Å². The molecule has 5 nitrogen and oxygen atoms in total. The Morgan fingerprint density at radius 1 is 0.827 bits per heavy atom. The van der Waals surface area contributed by atoms with E-state index in [1.807, 2.05) is 36.5 Å². The molecular formula is C43H56O5S2Si2. The zero-order valence-corrected chi connectivity index (χ0v) is 36.0. The highest BCUT2D eigenvalue weighted by Gasteiger charge is 2.52. The molecule has 52 heavy (non-hydrogen) atoms. The average Bonchev–Trinajstić information content (AvgIpc) is 3.82. The molecule has 6 rings (SSSR count). The molecule has 0 amide bonds. The van der Waals surface area contributed by atoms with Crippen LogP contribution in [0, 0.1) is 0 Å². The molecule has 0 bridgehead atoms. The monoisotopic (exact) mass is 772 g/mol. The highest BCUT2D eigenvalue weighted by atomic mass is 32.2. The Morgan fingerprint density at radius 3 is 2.02 bits per heavy atom. The summed E-state index contributed by atoms with van der Waals surface area (Å²) >= 11 is 3.92. The lowest BCUT2D eigenvalue weighted by atomic mass is 10.00. The number of hydrogen-bond acceptors (Lipinski definition) is 7. The van der Waals surface area contributed by atoms with E-state index in [2.05, 4.69) is 146 Å². The van der Waals surface area contributed by atoms with Crippen molar-refractivity contribution in [1.82, 2.24) is 0 Å². The summed E-state index contributed by atoms with van der Waals surface area (Å²) in [6.45, 7) is 20.0. The van der Waals surface area contributed by atoms with Gasteiger partial charge in [-0.1, -0.05) is 127 Å². The average molecular weight is 773 g/mol. The topological polar surface area (TPSA) is 57.3 Å². The highest BCUT2D eigenvalue weighted by Crippen LogP contribution is 2.49. The standard InChI is InChI=1S/C43H56O5S2Si2/c1-31-27-37-36(46-37)23-16-17-24-43(49-25-18-26-50-43)30-32-28-33(29-38(39(32)40(44)45-31)48-51(8,9)41(2,3)4)47-52(42(5,6)7,34-19-12-10-13-20-34)35-21-14-11-15-22-35/h10-17,19-24,28-29,31,36-37H,18,25-27,30H2,1-9H3/b23-16+,24-17+/t31-,36-,37+/m1/s1. The number of allylic oxidation sites excluding steroid dienone is 2. The van der Waals surface area contributed by atoms with E-state index in [1.54, 1.807) is 0 Å². The van der Waals surface area contributed by atoms with Crippen molar-refractivity contribution in [2.24, 2.45) is 0 Å². The van der Waals surface area contributed by atoms with Crippen LogP contribution in [0.4, 0.5) is 0 Å². The summed E-state index contributed by atoms with van der Waals surface area (Å²) in [6, 6.07) is 25.6. The third kappa shape index (κ3) is 8.34. The van der Waals surface area contributed by atoms with Crippen molar-refractivity contribution in [3.63, 3.8) is 0 Å². The van der Waals surface area contributed by atoms with Crippen LogP contribution < -0.4 is 19.2 Å². The molecule has 2 fully saturated rings. The van der Waals surface area contributed by atoms with E-state index in [-0.39, 0.29) is 38.4 Å². The van der Waals surface area contributed by atoms with Gasteiger partial charge in [0.1, 0.15) is 29.3 Å². The van der Waals surface area contributed by atoms with Crippen LogP contribution in [0.15, 0.2) is 97.1 Å². The summed E-state index contributed by atoms with van der Waals surface area (Å²) in [7, 11) is -5.45. The first-order chi connectivity index (χ1) is 24.5. The van der Waals surface area contributed by atoms with Gasteiger partial charge in [0.25, 0.3) is 8.32 Å². The van der Waals surface area contributed by atoms with Crippen molar-refractivity contribution in [2.45, 2.75) is 113 Å². The van der Waals surface area contributed by atoms with Gasteiger partial charge in [-0.2, -0.15) is 0 Å². The Balaban J connectivity index is 1.59. The van der Waals surface area contributed by atoms with Crippen LogP contribution in [-0.4, -0.2) is 56.5 Å². The normalized spacial score (nSPS) is 23.7. The SMILES string of the molecule is C[C@@H]1C[C@@H]2O[C@@H]2/C=C/C=C/C2(Cc3cc(O[Si](c4ccccc4)(c4ccccc4)C(C)(C)C)cc(O[Si](C)(C)C(C)(C)C)c3C(=O)O1)SCCCS2. The lowest BCUT2D eigenvalue weighted by molar-refractivity contribution is 0.0306. The molecule has 2 saturated heterocycles. The van der Waals surface area contributed by atoms with Crippen molar-refractivity contribution >= 4 is 56.5 Å². The summed E-state index contributed by atoms with van der Waals surface area (Å²) in [5, 5.41) is 2.04. The number of epoxide rings is 1. The summed E-state index contributed by atoms with van der Waals surface area (Å²) in [6.07, 6.45) is 11.0. The first-order valence-electron chi connectivity index (χ1n) is 18.7. The van der Waals surface area contributed by atoms with Crippen LogP contribution >= 0.6 is 23.5 Å². The Kier molecular flexibility index (Phi) is 11.4. The summed E-state index contributed by atoms with van der Waals surface area (Å²) < 4.78 is 26.8. The lowest BCUT2D eigenvalue weighted by Crippen LogP contribution is -2.68. The van der Waals surface area contributed by atoms with Crippen molar-refractivity contribution in [2.75, 3.05) is 11.5 Å². The lowest BCUT2D eigenvalue weighted by Gasteiger charge is -2.43. The van der Waals surface area contributed by atoms with Gasteiger partial charge >= 0.3 is 14.3 Å². The number of cyclic esters (lactones) is 1. The third-order valence-corrected chi connectivity index (χ3v) is 23.4. The Morgan fingerprint density at radius 2 is 1.44 bits per heavy atom. The van der Waals surface area contributed by atoms with Crippen LogP contribution in [0.5, 0.6) is 11.5 Å². The molecule has 0 aromatic heterocycles. The molecule has 3 aromatic carbocycles. The molecule has 3 heterocycles. The van der Waals surface area contributed by atoms with Crippen LogP contribution in [0.2, 0.25) is 23.2 Å². The van der Waals surface area contributed by atoms with E-state index in [1.165, 1.54) is 10.4 Å². The summed E-state index contributed by atoms with van der Waals surface area (Å²) in [5.41, 5.74) is 1.42. The number of carbonyl (C=O) groups is 1. The predicted octanol–water partition coefficient (Wildman–Crippen LogP) is 9.95. The number of esters is 1. The number of ether oxygens (including phenoxy) is 2. The van der Waals surface area contributed by atoms with Crippen LogP contribution in [0.3, 0.4) is 0 Å². The summed E-state index contributed by atoms with van der Waals surface area (Å²) in [4.78, 5) is 14.6. The number of carbonyl (C=O) groups excluding carboxylic acids is 1. The molecule has 0 unspecified atom stereocenters. The number of hydrogen-bond donors (Lipinski definition) is 0. The largest absolute Gasteiger partial charge is 0.543 e. The van der Waals surface area contributed by atoms with Crippen molar-refractivity contribution in [3.05, 3.63) is 108 Å². The molecule has 3 aromatic rings. The van der Waals surface area contributed by atoms with Gasteiger partial charge in [-0.15, -0.1) is 23.5 Å². The van der Waals surface area contributed by atoms with Crippen molar-refractivity contribution < 1.29 is 23.1 Å². The van der Waals surface area contributed by atoms with Gasteiger partial charge in [-0.25, -0.2) is 4.79 Å². The minimum absolute atomic E-state index is 0.0485. The number of benzene rings is 3. The maximum absolute atomic E-state index is 14.6. The maximum atomic E-state index is 14.6. The number of fused-ring (bicyclic) bond motifs is 2. The Bertz CT molecular complexity index is 1730. The quantitative estimate of drug-likeness (QED) is 0.141. The van der Waals surface area contributed by atoms with Gasteiger partial charge in [0.15, 0.2) is 0 Å². The fraction of sp³-hybridized carbons (Fsp3) is 0.465. The van der Waals surface area contributed by atoms with E-state index in [9.17, 15) is 4.79 Å². The van der Waals surface area contributed by atoms with Gasteiger partial charge in [-0.05, 0) is 70.0 Å². The molecule has 3 aliphatic rings. The molecule has 278 valence electrons. The molecule has 3 aliphatic heterocycles. The van der Waals surface area contributed by atoms with E-state index >= 15 is 0 Å². The first kappa shape index (κ1) is 39.0. The van der Waals surface area contributed by atoms with Gasteiger partial charge in [-0.3, -0.25) is 0 Å². The number of rotatable bonds is 6. The van der Waals surface area contributed by atoms with E-state index in [0.717, 1.165) is 29.2 Å². The van der Waals surface area contributed by atoms with Crippen LogP contribution in [0.25, 0.3) is 0 Å². The first-order valence-corrected chi connectivity index (χ1v) is 25.5. The predicted molar refractivity (Wildman–Crippen MR) is 225 cm³/mol. The molecule has 1 spiro atoms. The van der Waals surface area contributed by atoms with E-state index in [4.69, 9.17) is 18.3 Å². The van der Waals surface area contributed by atoms with Gasteiger partial charge in [0.05, 0.1) is 10.2 Å². The molecule has 0 saturated carbocycles. The fourth-order valence-corrected chi connectivity index (χ4v) is 15.6. The zero-order chi connectivity index (χ0) is 37.4. The molecule has 3 atom stereocenters. The second kappa shape index (κ2) is 15.2. The molecule has 9 heteroatoms. The molecular weight excluding hydrogens is 717 g/mol. The molecule has 0 radical (unpaired) electrons. The van der Waals surface area contributed by atoms with E-state index in [0.29, 0.717) is 24.2 Å². The smallest absolute Gasteiger partial charge is 0.342 e. The zero-order valence-electron chi connectivity index (χ0n) is 32.4. The fourth-order valence-electron chi connectivity index (χ4n) is 7.03. The molecule has 0 aliphatic carbocycles. The Labute approximate surface area is 322 Å². The van der Waals surface area contributed by atoms with Gasteiger partial charge < -0.3 is 18.3 Å². The van der Waals surface area contributed by atoms with Crippen LogP contribution in [-0.2, 0) is 15.9 Å². The van der Waals surface area contributed by atoms with Gasteiger partial charge in [0.2, 0.25) is 0 Å². The Hall–Kier alpha value is -2.70. The van der Waals surface area contributed by atoms with Crippen LogP contribution in [0.1, 0.15) is 77.2 Å². The van der Waals surface area contributed by atoms with E-state index < -0.39 is 16.6 Å². The second-order valence-electron chi connectivity index (χ2n) is 17.0. The molecule has 0 N–H and O–H groups in total. The minimum atomic E-state index is -3.01. The minimum Gasteiger partial charge on any atom is -0.543 e. The highest BCUT2D eigenvalue weighted by molar-refractivity contribution is 8.19. The second-order valence-corrected chi connectivity index (χ2v) is 29.0. The number of thioether (sulfide) groups is 2. The summed E-state index contributed by atoms with van der Waals surface area (Å²) in [5.74, 6) is 3.05. The van der Waals surface area contributed by atoms with Gasteiger partial charge in [0, 0.05) is 18.9 Å². The third-order valence-electron chi connectivity index (χ3n) is 10.9. The maximum Gasteiger partial charge on any atom is 0.342 e.